The van der Waals surface area contributed by atoms with Crippen LogP contribution in [0.25, 0.3) is 11.1 Å². The van der Waals surface area contributed by atoms with Crippen molar-refractivity contribution < 1.29 is 21.3 Å². The van der Waals surface area contributed by atoms with Gasteiger partial charge in [-0.25, -0.2) is 0 Å². The Bertz CT molecular complexity index is 1200. The standard InChI is InChI=1S/C23H29.C5H5.C5H10.Zr/c1-14-9-16-11-17-10-15(2)21(23(6,7)8)13-19(17)18(16)12-20(14)22(3,4)5;1-2-4-5-3-1;1-3-5-4-2;/h9,12-13H,11H2,1-8H3;1-3H,4H2;1H,3-5H2,2H3;. The molecule has 0 saturated heterocycles. The second-order valence-corrected chi connectivity index (χ2v) is 18.4. The number of hydrogen-bond donors (Lipinski definition) is 0. The zero-order chi connectivity index (χ0) is 24.8. The number of benzene rings is 2. The second-order valence-electron chi connectivity index (χ2n) is 12.5. The molecule has 0 amide bonds. The third-order valence-corrected chi connectivity index (χ3v) is 15.0. The van der Waals surface area contributed by atoms with Gasteiger partial charge in [0, 0.05) is 0 Å². The van der Waals surface area contributed by atoms with E-state index in [4.69, 9.17) is 0 Å². The Morgan fingerprint density at radius 2 is 1.59 bits per heavy atom. The Hall–Kier alpha value is -1.33. The van der Waals surface area contributed by atoms with Crippen LogP contribution in [-0.2, 0) is 38.5 Å². The molecule has 2 aromatic carbocycles. The fourth-order valence-corrected chi connectivity index (χ4v) is 13.4. The molecule has 180 valence electrons. The van der Waals surface area contributed by atoms with E-state index in [2.05, 4.69) is 102 Å². The Kier molecular flexibility index (Phi) is 7.28. The summed E-state index contributed by atoms with van der Waals surface area (Å²) in [5.41, 5.74) is 12.7. The van der Waals surface area contributed by atoms with Crippen LogP contribution in [0.1, 0.15) is 108 Å². The quantitative estimate of drug-likeness (QED) is 0.289. The SMILES string of the molecule is CCCC/[CH]=[Zr](/[C]1=CC=CC1)[c]1c(C)c(C(C)(C)C)cc2c1Cc1cc(C)c(C(C)(C)C)cc1-2. The molecule has 4 rings (SSSR count). The summed E-state index contributed by atoms with van der Waals surface area (Å²) in [6, 6.07) is 7.63. The van der Waals surface area contributed by atoms with Crippen LogP contribution in [0.4, 0.5) is 0 Å². The van der Waals surface area contributed by atoms with E-state index in [1.165, 1.54) is 42.4 Å². The molecule has 0 aliphatic heterocycles. The van der Waals surface area contributed by atoms with E-state index >= 15 is 0 Å². The van der Waals surface area contributed by atoms with Gasteiger partial charge in [-0.2, -0.15) is 0 Å². The predicted octanol–water partition coefficient (Wildman–Crippen LogP) is 8.55. The van der Waals surface area contributed by atoms with Crippen LogP contribution in [0, 0.1) is 13.8 Å². The van der Waals surface area contributed by atoms with Gasteiger partial charge in [0.1, 0.15) is 0 Å². The van der Waals surface area contributed by atoms with Gasteiger partial charge in [0.2, 0.25) is 0 Å². The molecule has 2 aromatic rings. The monoisotopic (exact) mass is 530 g/mol. The van der Waals surface area contributed by atoms with E-state index in [9.17, 15) is 0 Å². The Morgan fingerprint density at radius 1 is 0.912 bits per heavy atom. The molecule has 0 bridgehead atoms. The first kappa shape index (κ1) is 25.8. The fourth-order valence-electron chi connectivity index (χ4n) is 6.06. The maximum absolute atomic E-state index is 2.83. The summed E-state index contributed by atoms with van der Waals surface area (Å²) in [5, 5.41) is 0. The molecule has 0 unspecified atom stereocenters. The van der Waals surface area contributed by atoms with E-state index in [-0.39, 0.29) is 10.8 Å². The molecule has 0 aromatic heterocycles. The van der Waals surface area contributed by atoms with Gasteiger partial charge in [-0.3, -0.25) is 0 Å². The third kappa shape index (κ3) is 4.84. The van der Waals surface area contributed by atoms with E-state index in [0.29, 0.717) is 0 Å². The Balaban J connectivity index is 2.01. The van der Waals surface area contributed by atoms with Crippen molar-refractivity contribution in [1.82, 2.24) is 0 Å². The number of unbranched alkanes of at least 4 members (excludes halogenated alkanes) is 2. The number of allylic oxidation sites excluding steroid dienone is 4. The van der Waals surface area contributed by atoms with Crippen LogP contribution < -0.4 is 3.27 Å². The van der Waals surface area contributed by atoms with Crippen LogP contribution in [0.2, 0.25) is 0 Å². The Morgan fingerprint density at radius 3 is 2.18 bits per heavy atom. The third-order valence-electron chi connectivity index (χ3n) is 7.71. The molecule has 0 N–H and O–H groups in total. The molecule has 2 aliphatic carbocycles. The molecule has 34 heavy (non-hydrogen) atoms. The van der Waals surface area contributed by atoms with E-state index in [1.807, 2.05) is 0 Å². The van der Waals surface area contributed by atoms with Crippen molar-refractivity contribution >= 4 is 6.98 Å². The summed E-state index contributed by atoms with van der Waals surface area (Å²) in [6.07, 6.45) is 13.3. The molecule has 0 nitrogen and oxygen atoms in total. The van der Waals surface area contributed by atoms with Crippen LogP contribution in [0.5, 0.6) is 0 Å². The van der Waals surface area contributed by atoms with Crippen LogP contribution in [-0.4, -0.2) is 3.71 Å². The molecule has 0 radical (unpaired) electrons. The van der Waals surface area contributed by atoms with E-state index in [0.717, 1.165) is 6.42 Å². The number of hydrogen-bond acceptors (Lipinski definition) is 0. The Labute approximate surface area is 216 Å². The van der Waals surface area contributed by atoms with Crippen LogP contribution in [0.15, 0.2) is 39.7 Å². The molecule has 0 fully saturated rings. The average molecular weight is 532 g/mol. The fraction of sp³-hybridized carbons (Fsp3) is 0.485. The van der Waals surface area contributed by atoms with E-state index < -0.39 is 21.3 Å². The summed E-state index contributed by atoms with van der Waals surface area (Å²) >= 11 is -2.12. The minimum absolute atomic E-state index is 0.147. The molecular weight excluding hydrogens is 488 g/mol. The first-order valence-corrected chi connectivity index (χ1v) is 17.2. The number of fused-ring (bicyclic) bond motifs is 3. The predicted molar refractivity (Wildman–Crippen MR) is 149 cm³/mol. The maximum atomic E-state index is 2.83. The van der Waals surface area contributed by atoms with Gasteiger partial charge < -0.3 is 0 Å². The number of rotatable bonds is 5. The summed E-state index contributed by atoms with van der Waals surface area (Å²) < 4.78 is 6.38. The molecular formula is C33H44Zr. The average Bonchev–Trinajstić information content (AvgIpc) is 3.37. The van der Waals surface area contributed by atoms with Gasteiger partial charge in [-0.15, -0.1) is 0 Å². The molecule has 0 spiro atoms. The summed E-state index contributed by atoms with van der Waals surface area (Å²) in [7, 11) is 0. The van der Waals surface area contributed by atoms with Crippen molar-refractivity contribution in [3.8, 4) is 11.1 Å². The van der Waals surface area contributed by atoms with Gasteiger partial charge in [-0.05, 0) is 0 Å². The first-order valence-electron chi connectivity index (χ1n) is 13.3. The molecule has 0 heterocycles. The van der Waals surface area contributed by atoms with Crippen molar-refractivity contribution in [1.29, 1.82) is 0 Å². The molecule has 2 aliphatic rings. The molecule has 1 heteroatoms. The first-order chi connectivity index (χ1) is 15.9. The van der Waals surface area contributed by atoms with Crippen molar-refractivity contribution in [2.45, 2.75) is 105 Å². The van der Waals surface area contributed by atoms with Crippen molar-refractivity contribution in [3.05, 3.63) is 73.1 Å². The zero-order valence-corrected chi connectivity index (χ0v) is 25.5. The summed E-state index contributed by atoms with van der Waals surface area (Å²) in [5.74, 6) is 0. The van der Waals surface area contributed by atoms with Crippen molar-refractivity contribution in [2.24, 2.45) is 0 Å². The minimum atomic E-state index is -2.12. The van der Waals surface area contributed by atoms with Gasteiger partial charge in [-0.1, -0.05) is 0 Å². The summed E-state index contributed by atoms with van der Waals surface area (Å²) in [6.45, 7) is 21.3. The molecule has 0 atom stereocenters. The van der Waals surface area contributed by atoms with E-state index in [1.54, 1.807) is 34.4 Å². The van der Waals surface area contributed by atoms with Gasteiger partial charge in [0.05, 0.1) is 0 Å². The van der Waals surface area contributed by atoms with Gasteiger partial charge in [0.25, 0.3) is 0 Å². The second kappa shape index (κ2) is 9.61. The topological polar surface area (TPSA) is 0 Å². The molecule has 0 saturated carbocycles. The van der Waals surface area contributed by atoms with Crippen molar-refractivity contribution in [2.75, 3.05) is 0 Å². The van der Waals surface area contributed by atoms with Gasteiger partial charge >= 0.3 is 218 Å². The summed E-state index contributed by atoms with van der Waals surface area (Å²) in [4.78, 5) is 0. The number of aryl methyl sites for hydroxylation is 1. The van der Waals surface area contributed by atoms with Crippen LogP contribution >= 0.6 is 0 Å². The van der Waals surface area contributed by atoms with Crippen molar-refractivity contribution in [3.63, 3.8) is 0 Å². The zero-order valence-electron chi connectivity index (χ0n) is 23.1. The van der Waals surface area contributed by atoms with Gasteiger partial charge in [0.15, 0.2) is 0 Å². The van der Waals surface area contributed by atoms with Crippen LogP contribution in [0.3, 0.4) is 0 Å². The normalized spacial score (nSPS) is 15.6.